The standard InChI is InChI=1S/C11H21N3O/c1-6-11(15)13(4)8-10(7-12)14(5)9(2)3/h9-10H,6,8H2,1-5H3. The molecule has 4 heteroatoms. The van der Waals surface area contributed by atoms with Crippen LogP contribution < -0.4 is 0 Å². The van der Waals surface area contributed by atoms with Crippen LogP contribution in [-0.4, -0.2) is 48.4 Å². The van der Waals surface area contributed by atoms with Gasteiger partial charge in [-0.05, 0) is 20.9 Å². The van der Waals surface area contributed by atoms with Crippen molar-refractivity contribution in [2.75, 3.05) is 20.6 Å². The topological polar surface area (TPSA) is 47.3 Å². The molecule has 0 aliphatic heterocycles. The third-order valence-corrected chi connectivity index (χ3v) is 2.63. The van der Waals surface area contributed by atoms with Crippen LogP contribution >= 0.6 is 0 Å². The minimum Gasteiger partial charge on any atom is -0.343 e. The Morgan fingerprint density at radius 3 is 2.27 bits per heavy atom. The first-order valence-corrected chi connectivity index (χ1v) is 5.29. The number of hydrogen-bond donors (Lipinski definition) is 0. The molecule has 86 valence electrons. The Morgan fingerprint density at radius 2 is 1.93 bits per heavy atom. The van der Waals surface area contributed by atoms with Crippen LogP contribution in [0, 0.1) is 11.3 Å². The number of carbonyl (C=O) groups excluding carboxylic acids is 1. The van der Waals surface area contributed by atoms with Crippen LogP contribution in [0.1, 0.15) is 27.2 Å². The van der Waals surface area contributed by atoms with Crippen LogP contribution in [-0.2, 0) is 4.79 Å². The summed E-state index contributed by atoms with van der Waals surface area (Å²) in [6.07, 6.45) is 0.486. The molecule has 0 rings (SSSR count). The van der Waals surface area contributed by atoms with E-state index >= 15 is 0 Å². The van der Waals surface area contributed by atoms with Crippen molar-refractivity contribution in [2.24, 2.45) is 0 Å². The van der Waals surface area contributed by atoms with E-state index in [1.54, 1.807) is 11.9 Å². The van der Waals surface area contributed by atoms with E-state index in [-0.39, 0.29) is 11.9 Å². The highest BCUT2D eigenvalue weighted by Crippen LogP contribution is 2.04. The first-order chi connectivity index (χ1) is 6.93. The minimum absolute atomic E-state index is 0.0763. The lowest BCUT2D eigenvalue weighted by Crippen LogP contribution is -2.44. The lowest BCUT2D eigenvalue weighted by molar-refractivity contribution is -0.130. The second kappa shape index (κ2) is 6.41. The Morgan fingerprint density at radius 1 is 1.40 bits per heavy atom. The molecule has 0 fully saturated rings. The van der Waals surface area contributed by atoms with Gasteiger partial charge in [-0.1, -0.05) is 6.92 Å². The number of likely N-dealkylation sites (N-methyl/N-ethyl adjacent to an activating group) is 2. The third-order valence-electron chi connectivity index (χ3n) is 2.63. The lowest BCUT2D eigenvalue weighted by Gasteiger charge is -2.29. The van der Waals surface area contributed by atoms with Gasteiger partial charge in [0.25, 0.3) is 0 Å². The maximum absolute atomic E-state index is 11.4. The minimum atomic E-state index is -0.231. The molecule has 1 atom stereocenters. The summed E-state index contributed by atoms with van der Waals surface area (Å²) in [5, 5.41) is 9.02. The second-order valence-corrected chi connectivity index (χ2v) is 4.03. The molecular formula is C11H21N3O. The molecule has 0 bridgehead atoms. The maximum atomic E-state index is 11.4. The molecule has 0 saturated carbocycles. The molecule has 0 aliphatic carbocycles. The number of nitrogens with zero attached hydrogens (tertiary/aromatic N) is 3. The van der Waals surface area contributed by atoms with Crippen molar-refractivity contribution in [3.8, 4) is 6.07 Å². The number of carbonyl (C=O) groups is 1. The number of hydrogen-bond acceptors (Lipinski definition) is 3. The molecule has 0 N–H and O–H groups in total. The molecule has 0 aromatic carbocycles. The first-order valence-electron chi connectivity index (χ1n) is 5.29. The van der Waals surface area contributed by atoms with Gasteiger partial charge in [-0.3, -0.25) is 9.69 Å². The predicted octanol–water partition coefficient (Wildman–Crippen LogP) is 1.09. The normalized spacial score (nSPS) is 12.7. The smallest absolute Gasteiger partial charge is 0.222 e. The van der Waals surface area contributed by atoms with E-state index in [0.717, 1.165) is 0 Å². The zero-order valence-electron chi connectivity index (χ0n) is 10.3. The monoisotopic (exact) mass is 211 g/mol. The van der Waals surface area contributed by atoms with Crippen molar-refractivity contribution in [1.82, 2.24) is 9.80 Å². The Balaban J connectivity index is 4.35. The van der Waals surface area contributed by atoms with Gasteiger partial charge < -0.3 is 4.90 Å². The predicted molar refractivity (Wildman–Crippen MR) is 60.2 cm³/mol. The Labute approximate surface area is 92.5 Å². The maximum Gasteiger partial charge on any atom is 0.222 e. The van der Waals surface area contributed by atoms with Gasteiger partial charge in [-0.15, -0.1) is 0 Å². The van der Waals surface area contributed by atoms with Gasteiger partial charge in [-0.2, -0.15) is 5.26 Å². The van der Waals surface area contributed by atoms with E-state index in [1.807, 2.05) is 32.7 Å². The fourth-order valence-corrected chi connectivity index (χ4v) is 1.25. The molecule has 0 heterocycles. The van der Waals surface area contributed by atoms with Crippen molar-refractivity contribution in [3.63, 3.8) is 0 Å². The number of rotatable bonds is 5. The largest absolute Gasteiger partial charge is 0.343 e. The van der Waals surface area contributed by atoms with Crippen LogP contribution in [0.2, 0.25) is 0 Å². The summed E-state index contributed by atoms with van der Waals surface area (Å²) in [5.41, 5.74) is 0. The summed E-state index contributed by atoms with van der Waals surface area (Å²) in [4.78, 5) is 14.9. The van der Waals surface area contributed by atoms with E-state index < -0.39 is 0 Å². The van der Waals surface area contributed by atoms with Gasteiger partial charge in [0.2, 0.25) is 5.91 Å². The summed E-state index contributed by atoms with van der Waals surface area (Å²) < 4.78 is 0. The van der Waals surface area contributed by atoms with Crippen LogP contribution in [0.4, 0.5) is 0 Å². The highest BCUT2D eigenvalue weighted by atomic mass is 16.2. The van der Waals surface area contributed by atoms with Crippen LogP contribution in [0.3, 0.4) is 0 Å². The Kier molecular flexibility index (Phi) is 5.95. The van der Waals surface area contributed by atoms with Crippen molar-refractivity contribution in [3.05, 3.63) is 0 Å². The zero-order chi connectivity index (χ0) is 12.0. The SMILES string of the molecule is CCC(=O)N(C)CC(C#N)N(C)C(C)C. The molecule has 1 amide bonds. The molecular weight excluding hydrogens is 190 g/mol. The fourth-order valence-electron chi connectivity index (χ4n) is 1.25. The van der Waals surface area contributed by atoms with E-state index in [0.29, 0.717) is 19.0 Å². The summed E-state index contributed by atoms with van der Waals surface area (Å²) in [6.45, 7) is 6.36. The first kappa shape index (κ1) is 13.9. The third kappa shape index (κ3) is 4.30. The zero-order valence-corrected chi connectivity index (χ0v) is 10.3. The molecule has 0 aliphatic rings. The molecule has 0 aromatic rings. The molecule has 1 unspecified atom stereocenters. The van der Waals surface area contributed by atoms with Crippen molar-refractivity contribution >= 4 is 5.91 Å². The van der Waals surface area contributed by atoms with Gasteiger partial charge in [0.15, 0.2) is 0 Å². The lowest BCUT2D eigenvalue weighted by atomic mass is 10.2. The van der Waals surface area contributed by atoms with Gasteiger partial charge in [0.1, 0.15) is 6.04 Å². The van der Waals surface area contributed by atoms with Gasteiger partial charge in [0.05, 0.1) is 6.07 Å². The average molecular weight is 211 g/mol. The Hall–Kier alpha value is -1.08. The molecule has 15 heavy (non-hydrogen) atoms. The van der Waals surface area contributed by atoms with Crippen molar-refractivity contribution < 1.29 is 4.79 Å². The summed E-state index contributed by atoms with van der Waals surface area (Å²) >= 11 is 0. The molecule has 4 nitrogen and oxygen atoms in total. The molecule has 0 saturated heterocycles. The van der Waals surface area contributed by atoms with E-state index in [9.17, 15) is 4.79 Å². The van der Waals surface area contributed by atoms with E-state index in [2.05, 4.69) is 6.07 Å². The van der Waals surface area contributed by atoms with Crippen molar-refractivity contribution in [1.29, 1.82) is 5.26 Å². The van der Waals surface area contributed by atoms with Gasteiger partial charge >= 0.3 is 0 Å². The highest BCUT2D eigenvalue weighted by molar-refractivity contribution is 5.75. The second-order valence-electron chi connectivity index (χ2n) is 4.03. The number of nitriles is 1. The van der Waals surface area contributed by atoms with E-state index in [1.165, 1.54) is 0 Å². The fraction of sp³-hybridized carbons (Fsp3) is 0.818. The quantitative estimate of drug-likeness (QED) is 0.684. The summed E-state index contributed by atoms with van der Waals surface area (Å²) in [6, 6.07) is 2.30. The average Bonchev–Trinajstić information content (AvgIpc) is 2.22. The van der Waals surface area contributed by atoms with Crippen LogP contribution in [0.25, 0.3) is 0 Å². The van der Waals surface area contributed by atoms with Gasteiger partial charge in [0, 0.05) is 26.1 Å². The summed E-state index contributed by atoms with van der Waals surface area (Å²) in [5.74, 6) is 0.0763. The van der Waals surface area contributed by atoms with Crippen LogP contribution in [0.15, 0.2) is 0 Å². The molecule has 0 spiro atoms. The number of amides is 1. The van der Waals surface area contributed by atoms with Crippen LogP contribution in [0.5, 0.6) is 0 Å². The van der Waals surface area contributed by atoms with E-state index in [4.69, 9.17) is 5.26 Å². The van der Waals surface area contributed by atoms with Gasteiger partial charge in [-0.25, -0.2) is 0 Å². The Bertz CT molecular complexity index is 245. The molecule has 0 aromatic heterocycles. The van der Waals surface area contributed by atoms with Crippen molar-refractivity contribution in [2.45, 2.75) is 39.3 Å². The molecule has 0 radical (unpaired) electrons. The highest BCUT2D eigenvalue weighted by Gasteiger charge is 2.19. The summed E-state index contributed by atoms with van der Waals surface area (Å²) in [7, 11) is 3.65.